The maximum absolute atomic E-state index is 6.59. The van der Waals surface area contributed by atoms with Crippen molar-refractivity contribution in [3.8, 4) is 27.9 Å². The van der Waals surface area contributed by atoms with Crippen LogP contribution in [-0.4, -0.2) is 4.57 Å². The molecular weight excluding hydrogens is 534 g/mol. The van der Waals surface area contributed by atoms with E-state index in [1.165, 1.54) is 71.6 Å². The van der Waals surface area contributed by atoms with Gasteiger partial charge in [-0.3, -0.25) is 0 Å². The average molecular weight is 568 g/mol. The summed E-state index contributed by atoms with van der Waals surface area (Å²) >= 11 is 0. The van der Waals surface area contributed by atoms with E-state index in [-0.39, 0.29) is 10.8 Å². The van der Waals surface area contributed by atoms with Gasteiger partial charge in [0.15, 0.2) is 0 Å². The summed E-state index contributed by atoms with van der Waals surface area (Å²) in [7, 11) is 0. The third kappa shape index (κ3) is 3.26. The zero-order chi connectivity index (χ0) is 29.8. The first-order valence-electron chi connectivity index (χ1n) is 15.5. The number of para-hydroxylation sites is 3. The topological polar surface area (TPSA) is 18.1 Å². The number of rotatable bonds is 2. The van der Waals surface area contributed by atoms with Gasteiger partial charge in [-0.2, -0.15) is 0 Å². The average Bonchev–Trinajstić information content (AvgIpc) is 3.60. The Morgan fingerprint density at radius 1 is 0.500 bits per heavy atom. The molecule has 0 spiro atoms. The molecule has 0 atom stereocenters. The van der Waals surface area contributed by atoms with Crippen LogP contribution in [0.1, 0.15) is 38.8 Å². The van der Waals surface area contributed by atoms with Crippen LogP contribution < -0.4 is 0 Å². The van der Waals surface area contributed by atoms with E-state index in [9.17, 15) is 0 Å². The van der Waals surface area contributed by atoms with Crippen molar-refractivity contribution in [3.63, 3.8) is 0 Å². The van der Waals surface area contributed by atoms with Crippen LogP contribution in [0.25, 0.3) is 71.7 Å². The minimum Gasteiger partial charge on any atom is -0.455 e. The van der Waals surface area contributed by atoms with Crippen LogP contribution in [0.3, 0.4) is 0 Å². The van der Waals surface area contributed by atoms with Crippen LogP contribution in [0, 0.1) is 0 Å². The van der Waals surface area contributed by atoms with Crippen LogP contribution in [0.2, 0.25) is 0 Å². The van der Waals surface area contributed by atoms with Crippen LogP contribution >= 0.6 is 0 Å². The predicted molar refractivity (Wildman–Crippen MR) is 185 cm³/mol. The highest BCUT2D eigenvalue weighted by Gasteiger charge is 2.47. The molecule has 0 amide bonds. The van der Waals surface area contributed by atoms with E-state index in [1.807, 2.05) is 0 Å². The monoisotopic (exact) mass is 567 g/mol. The van der Waals surface area contributed by atoms with Gasteiger partial charge in [-0.25, -0.2) is 0 Å². The molecule has 0 radical (unpaired) electrons. The Bertz CT molecular complexity index is 2380. The molecular formula is C42H33NO. The molecule has 212 valence electrons. The minimum atomic E-state index is -0.0957. The van der Waals surface area contributed by atoms with E-state index in [0.717, 1.165) is 11.2 Å². The molecule has 1 aliphatic rings. The second-order valence-electron chi connectivity index (χ2n) is 13.4. The smallest absolute Gasteiger partial charge is 0.143 e. The lowest BCUT2D eigenvalue weighted by molar-refractivity contribution is 0.299. The maximum Gasteiger partial charge on any atom is 0.143 e. The van der Waals surface area contributed by atoms with Crippen molar-refractivity contribution in [2.75, 3.05) is 0 Å². The summed E-state index contributed by atoms with van der Waals surface area (Å²) in [6.07, 6.45) is 0. The molecule has 1 aliphatic carbocycles. The van der Waals surface area contributed by atoms with Gasteiger partial charge >= 0.3 is 0 Å². The Hall–Kier alpha value is -5.08. The lowest BCUT2D eigenvalue weighted by Crippen LogP contribution is -2.43. The normalized spacial score (nSPS) is 15.2. The number of benzene rings is 6. The molecule has 9 rings (SSSR count). The third-order valence-electron chi connectivity index (χ3n) is 10.8. The summed E-state index contributed by atoms with van der Waals surface area (Å²) in [5.74, 6) is 0. The fraction of sp³-hybridized carbons (Fsp3) is 0.143. The molecule has 0 bridgehead atoms. The van der Waals surface area contributed by atoms with Gasteiger partial charge in [0.25, 0.3) is 0 Å². The van der Waals surface area contributed by atoms with Gasteiger partial charge in [0.05, 0.1) is 11.0 Å². The van der Waals surface area contributed by atoms with Crippen molar-refractivity contribution in [3.05, 3.63) is 139 Å². The summed E-state index contributed by atoms with van der Waals surface area (Å²) in [4.78, 5) is 0. The van der Waals surface area contributed by atoms with Crippen molar-refractivity contribution in [1.29, 1.82) is 0 Å². The molecule has 0 fully saturated rings. The quantitative estimate of drug-likeness (QED) is 0.203. The molecule has 2 heterocycles. The predicted octanol–water partition coefficient (Wildman–Crippen LogP) is 11.6. The van der Waals surface area contributed by atoms with Gasteiger partial charge in [-0.1, -0.05) is 119 Å². The van der Waals surface area contributed by atoms with Gasteiger partial charge in [-0.05, 0) is 75.0 Å². The minimum absolute atomic E-state index is 0.0893. The summed E-state index contributed by atoms with van der Waals surface area (Å²) < 4.78 is 8.97. The lowest BCUT2D eigenvalue weighted by atomic mass is 9.55. The highest BCUT2D eigenvalue weighted by Crippen LogP contribution is 2.56. The number of hydrogen-bond donors (Lipinski definition) is 0. The number of hydrogen-bond acceptors (Lipinski definition) is 1. The van der Waals surface area contributed by atoms with Crippen LogP contribution in [0.15, 0.2) is 132 Å². The zero-order valence-corrected chi connectivity index (χ0v) is 25.5. The fourth-order valence-electron chi connectivity index (χ4n) is 7.71. The summed E-state index contributed by atoms with van der Waals surface area (Å²) in [5.41, 5.74) is 13.1. The first kappa shape index (κ1) is 25.4. The Kier molecular flexibility index (Phi) is 5.05. The van der Waals surface area contributed by atoms with Gasteiger partial charge < -0.3 is 8.98 Å². The molecule has 0 saturated heterocycles. The first-order valence-corrected chi connectivity index (χ1v) is 15.5. The second kappa shape index (κ2) is 8.74. The molecule has 0 unspecified atom stereocenters. The Morgan fingerprint density at radius 2 is 1.09 bits per heavy atom. The van der Waals surface area contributed by atoms with Crippen molar-refractivity contribution in [2.45, 2.75) is 38.5 Å². The molecule has 6 aromatic carbocycles. The van der Waals surface area contributed by atoms with Gasteiger partial charge in [0, 0.05) is 32.8 Å². The van der Waals surface area contributed by atoms with Crippen molar-refractivity contribution in [1.82, 2.24) is 4.57 Å². The number of furan rings is 1. The highest BCUT2D eigenvalue weighted by atomic mass is 16.3. The molecule has 2 nitrogen and oxygen atoms in total. The Balaban J connectivity index is 1.21. The third-order valence-corrected chi connectivity index (χ3v) is 10.8. The van der Waals surface area contributed by atoms with E-state index in [4.69, 9.17) is 4.42 Å². The lowest BCUT2D eigenvalue weighted by Gasteiger charge is -2.48. The van der Waals surface area contributed by atoms with E-state index >= 15 is 0 Å². The van der Waals surface area contributed by atoms with Crippen molar-refractivity contribution < 1.29 is 4.42 Å². The van der Waals surface area contributed by atoms with Gasteiger partial charge in [0.2, 0.25) is 0 Å². The van der Waals surface area contributed by atoms with Crippen LogP contribution in [0.5, 0.6) is 0 Å². The molecule has 2 heteroatoms. The summed E-state index contributed by atoms with van der Waals surface area (Å²) in [5, 5.41) is 4.93. The Labute approximate surface area is 257 Å². The molecule has 0 aliphatic heterocycles. The number of nitrogens with zero attached hydrogens (tertiary/aromatic N) is 1. The Morgan fingerprint density at radius 3 is 1.80 bits per heavy atom. The highest BCUT2D eigenvalue weighted by molar-refractivity contribution is 6.11. The molecule has 44 heavy (non-hydrogen) atoms. The first-order chi connectivity index (χ1) is 21.3. The molecule has 0 N–H and O–H groups in total. The van der Waals surface area contributed by atoms with Gasteiger partial charge in [-0.15, -0.1) is 0 Å². The van der Waals surface area contributed by atoms with E-state index < -0.39 is 0 Å². The number of fused-ring (bicyclic) bond motifs is 10. The van der Waals surface area contributed by atoms with Crippen molar-refractivity contribution >= 4 is 43.7 Å². The second-order valence-corrected chi connectivity index (χ2v) is 13.4. The summed E-state index contributed by atoms with van der Waals surface area (Å²) in [6.45, 7) is 9.56. The van der Waals surface area contributed by atoms with E-state index in [0.29, 0.717) is 0 Å². The largest absolute Gasteiger partial charge is 0.455 e. The standard InChI is InChI=1S/C42H33NO/c1-41(2)34-24-23-32-31-13-7-10-16-38(31)44-40(32)39(34)33-22-19-27(25-35(33)42(41,3)4)26-17-20-28(21-18-26)43-36-14-8-5-11-29(36)30-12-6-9-15-37(30)43/h5-25H,1-4H3. The number of aromatic nitrogens is 1. The summed E-state index contributed by atoms with van der Waals surface area (Å²) in [6, 6.07) is 46.5. The SMILES string of the molecule is CC1(C)c2cc(-c3ccc(-n4c5ccccc5c5ccccc54)cc3)ccc2-c2c(ccc3c2oc2ccccc23)C1(C)C. The van der Waals surface area contributed by atoms with Crippen LogP contribution in [0.4, 0.5) is 0 Å². The van der Waals surface area contributed by atoms with E-state index in [1.54, 1.807) is 0 Å². The molecule has 8 aromatic rings. The molecule has 0 saturated carbocycles. The zero-order valence-electron chi connectivity index (χ0n) is 25.5. The molecule has 2 aromatic heterocycles. The van der Waals surface area contributed by atoms with Crippen molar-refractivity contribution in [2.24, 2.45) is 0 Å². The fourth-order valence-corrected chi connectivity index (χ4v) is 7.71. The van der Waals surface area contributed by atoms with Crippen LogP contribution in [-0.2, 0) is 10.8 Å². The maximum atomic E-state index is 6.59. The van der Waals surface area contributed by atoms with Gasteiger partial charge in [0.1, 0.15) is 11.2 Å². The van der Waals surface area contributed by atoms with E-state index in [2.05, 4.69) is 160 Å².